The van der Waals surface area contributed by atoms with Crippen LogP contribution in [-0.4, -0.2) is 54.5 Å². The molecule has 5 rings (SSSR count). The minimum Gasteiger partial charge on any atom is -0.481 e. The van der Waals surface area contributed by atoms with Crippen LogP contribution in [0.1, 0.15) is 42.7 Å². The summed E-state index contributed by atoms with van der Waals surface area (Å²) in [6, 6.07) is 15.3. The Labute approximate surface area is 197 Å². The van der Waals surface area contributed by atoms with Crippen molar-refractivity contribution in [2.45, 2.75) is 49.8 Å². The minimum atomic E-state index is -0.900. The van der Waals surface area contributed by atoms with Gasteiger partial charge < -0.3 is 25.2 Å². The van der Waals surface area contributed by atoms with Gasteiger partial charge in [-0.3, -0.25) is 9.59 Å². The molecule has 3 N–H and O–H groups in total. The SMILES string of the molecule is O=C(N[C@H]1CCO[C@H]1C(=O)N[C@H]1CCC[C@H]1C(=O)O)OCC1c2ccccc2-c2ccccc21. The number of ether oxygens (including phenoxy) is 2. The van der Waals surface area contributed by atoms with Gasteiger partial charge in [0.05, 0.1) is 12.0 Å². The molecule has 0 aromatic heterocycles. The number of aliphatic carboxylic acids is 1. The van der Waals surface area contributed by atoms with Crippen molar-refractivity contribution in [3.8, 4) is 11.1 Å². The molecule has 0 spiro atoms. The Morgan fingerprint density at radius 1 is 0.912 bits per heavy atom. The second kappa shape index (κ2) is 9.46. The first kappa shape index (κ1) is 22.4. The minimum absolute atomic E-state index is 0.0487. The molecule has 8 nitrogen and oxygen atoms in total. The number of carbonyl (C=O) groups is 3. The molecule has 178 valence electrons. The monoisotopic (exact) mass is 464 g/mol. The fraction of sp³-hybridized carbons (Fsp3) is 0.423. The third-order valence-electron chi connectivity index (χ3n) is 7.16. The predicted octanol–water partition coefficient (Wildman–Crippen LogP) is 3.05. The molecule has 0 bridgehead atoms. The number of hydrogen-bond donors (Lipinski definition) is 3. The number of carboxylic acids is 1. The first-order valence-electron chi connectivity index (χ1n) is 11.8. The van der Waals surface area contributed by atoms with Crippen molar-refractivity contribution in [1.29, 1.82) is 0 Å². The molecule has 1 aliphatic heterocycles. The van der Waals surface area contributed by atoms with Crippen molar-refractivity contribution in [2.24, 2.45) is 5.92 Å². The number of fused-ring (bicyclic) bond motifs is 3. The van der Waals surface area contributed by atoms with Crippen LogP contribution < -0.4 is 10.6 Å². The Balaban J connectivity index is 1.19. The number of nitrogens with one attached hydrogen (secondary N) is 2. The highest BCUT2D eigenvalue weighted by Crippen LogP contribution is 2.44. The van der Waals surface area contributed by atoms with Gasteiger partial charge in [-0.1, -0.05) is 55.0 Å². The van der Waals surface area contributed by atoms with E-state index in [2.05, 4.69) is 34.9 Å². The van der Waals surface area contributed by atoms with Gasteiger partial charge in [0.1, 0.15) is 6.61 Å². The highest BCUT2D eigenvalue weighted by atomic mass is 16.6. The van der Waals surface area contributed by atoms with Crippen molar-refractivity contribution in [2.75, 3.05) is 13.2 Å². The molecule has 0 radical (unpaired) electrons. The average Bonchev–Trinajstić information content (AvgIpc) is 3.55. The van der Waals surface area contributed by atoms with Crippen LogP contribution in [0.15, 0.2) is 48.5 Å². The topological polar surface area (TPSA) is 114 Å². The van der Waals surface area contributed by atoms with E-state index in [4.69, 9.17) is 9.47 Å². The smallest absolute Gasteiger partial charge is 0.407 e. The van der Waals surface area contributed by atoms with Crippen LogP contribution in [0.5, 0.6) is 0 Å². The number of rotatable bonds is 6. The third kappa shape index (κ3) is 4.25. The average molecular weight is 465 g/mol. The summed E-state index contributed by atoms with van der Waals surface area (Å²) in [7, 11) is 0. The number of benzene rings is 2. The van der Waals surface area contributed by atoms with Gasteiger partial charge in [-0.25, -0.2) is 4.79 Å². The summed E-state index contributed by atoms with van der Waals surface area (Å²) in [5, 5.41) is 14.9. The lowest BCUT2D eigenvalue weighted by Crippen LogP contribution is -2.51. The standard InChI is InChI=1S/C26H28N2O6/c29-24(27-21-11-5-10-19(21)25(30)31)23-22(12-13-33-23)28-26(32)34-14-20-17-8-3-1-6-15(17)16-7-2-4-9-18(16)20/h1-4,6-9,19-23H,5,10-14H2,(H,27,29)(H,28,32)(H,30,31)/t19-,21+,22+,23-/m1/s1. The van der Waals surface area contributed by atoms with E-state index in [9.17, 15) is 19.5 Å². The first-order valence-corrected chi connectivity index (χ1v) is 11.8. The maximum Gasteiger partial charge on any atom is 0.407 e. The van der Waals surface area contributed by atoms with E-state index in [0.29, 0.717) is 25.9 Å². The summed E-state index contributed by atoms with van der Waals surface area (Å²) in [5.41, 5.74) is 4.56. The lowest BCUT2D eigenvalue weighted by molar-refractivity contribution is -0.142. The molecule has 2 aromatic carbocycles. The van der Waals surface area contributed by atoms with E-state index >= 15 is 0 Å². The summed E-state index contributed by atoms with van der Waals surface area (Å²) in [4.78, 5) is 36.8. The van der Waals surface area contributed by atoms with Crippen molar-refractivity contribution in [3.63, 3.8) is 0 Å². The molecule has 2 fully saturated rings. The maximum absolute atomic E-state index is 12.8. The van der Waals surface area contributed by atoms with Crippen LogP contribution >= 0.6 is 0 Å². The fourth-order valence-corrected chi connectivity index (χ4v) is 5.48. The van der Waals surface area contributed by atoms with Gasteiger partial charge in [-0.05, 0) is 41.5 Å². The number of hydrogen-bond acceptors (Lipinski definition) is 5. The Kier molecular flexibility index (Phi) is 6.24. The Morgan fingerprint density at radius 2 is 1.59 bits per heavy atom. The van der Waals surface area contributed by atoms with Crippen LogP contribution in [-0.2, 0) is 19.1 Å². The molecule has 4 atom stereocenters. The summed E-state index contributed by atoms with van der Waals surface area (Å²) in [6.07, 6.45) is 0.951. The van der Waals surface area contributed by atoms with Gasteiger partial charge in [-0.2, -0.15) is 0 Å². The largest absolute Gasteiger partial charge is 0.481 e. The van der Waals surface area contributed by atoms with E-state index in [1.165, 1.54) is 0 Å². The van der Waals surface area contributed by atoms with E-state index in [1.54, 1.807) is 0 Å². The summed E-state index contributed by atoms with van der Waals surface area (Å²) in [6.45, 7) is 0.520. The van der Waals surface area contributed by atoms with Gasteiger partial charge in [0.15, 0.2) is 6.10 Å². The molecule has 1 heterocycles. The van der Waals surface area contributed by atoms with Crippen molar-refractivity contribution >= 4 is 18.0 Å². The van der Waals surface area contributed by atoms with Gasteiger partial charge in [0, 0.05) is 18.6 Å². The number of carbonyl (C=O) groups excluding carboxylic acids is 2. The molecule has 8 heteroatoms. The molecule has 2 amide bonds. The zero-order valence-electron chi connectivity index (χ0n) is 18.7. The van der Waals surface area contributed by atoms with E-state index in [-0.39, 0.29) is 18.4 Å². The lowest BCUT2D eigenvalue weighted by Gasteiger charge is -2.23. The third-order valence-corrected chi connectivity index (χ3v) is 7.16. The molecular formula is C26H28N2O6. The van der Waals surface area contributed by atoms with E-state index < -0.39 is 36.2 Å². The van der Waals surface area contributed by atoms with Gasteiger partial charge >= 0.3 is 12.1 Å². The zero-order chi connectivity index (χ0) is 23.7. The summed E-state index contributed by atoms with van der Waals surface area (Å²) >= 11 is 0. The summed E-state index contributed by atoms with van der Waals surface area (Å²) < 4.78 is 11.2. The van der Waals surface area contributed by atoms with Crippen molar-refractivity contribution in [1.82, 2.24) is 10.6 Å². The molecule has 34 heavy (non-hydrogen) atoms. The zero-order valence-corrected chi connectivity index (χ0v) is 18.7. The van der Waals surface area contributed by atoms with Gasteiger partial charge in [0.25, 0.3) is 5.91 Å². The Bertz CT molecular complexity index is 1060. The second-order valence-electron chi connectivity index (χ2n) is 9.15. The van der Waals surface area contributed by atoms with E-state index in [0.717, 1.165) is 28.7 Å². The highest BCUT2D eigenvalue weighted by molar-refractivity contribution is 5.84. The fourth-order valence-electron chi connectivity index (χ4n) is 5.48. The Morgan fingerprint density at radius 3 is 2.26 bits per heavy atom. The van der Waals surface area contributed by atoms with Gasteiger partial charge in [0.2, 0.25) is 0 Å². The van der Waals surface area contributed by atoms with Crippen LogP contribution in [0.25, 0.3) is 11.1 Å². The normalized spacial score (nSPS) is 25.4. The first-order chi connectivity index (χ1) is 16.5. The quantitative estimate of drug-likeness (QED) is 0.606. The molecule has 2 aromatic rings. The van der Waals surface area contributed by atoms with Crippen LogP contribution in [0, 0.1) is 5.92 Å². The van der Waals surface area contributed by atoms with Gasteiger partial charge in [-0.15, -0.1) is 0 Å². The number of carboxylic acid groups (broad SMARTS) is 1. The lowest BCUT2D eigenvalue weighted by atomic mass is 9.98. The number of alkyl carbamates (subject to hydrolysis) is 1. The van der Waals surface area contributed by atoms with Crippen LogP contribution in [0.4, 0.5) is 4.79 Å². The van der Waals surface area contributed by atoms with Crippen LogP contribution in [0.2, 0.25) is 0 Å². The summed E-state index contributed by atoms with van der Waals surface area (Å²) in [5.74, 6) is -1.92. The molecule has 2 aliphatic carbocycles. The highest BCUT2D eigenvalue weighted by Gasteiger charge is 2.40. The Hall–Kier alpha value is -3.39. The number of amides is 2. The van der Waals surface area contributed by atoms with Crippen molar-refractivity contribution in [3.05, 3.63) is 59.7 Å². The second-order valence-corrected chi connectivity index (χ2v) is 9.15. The molecule has 0 unspecified atom stereocenters. The van der Waals surface area contributed by atoms with Crippen molar-refractivity contribution < 1.29 is 29.0 Å². The molecule has 1 saturated carbocycles. The molecule has 3 aliphatic rings. The maximum atomic E-state index is 12.8. The molecular weight excluding hydrogens is 436 g/mol. The molecule has 1 saturated heterocycles. The predicted molar refractivity (Wildman–Crippen MR) is 123 cm³/mol. The van der Waals surface area contributed by atoms with E-state index in [1.807, 2.05) is 24.3 Å². The van der Waals surface area contributed by atoms with Crippen LogP contribution in [0.3, 0.4) is 0 Å².